The van der Waals surface area contributed by atoms with Gasteiger partial charge in [-0.1, -0.05) is 12.1 Å². The Labute approximate surface area is 119 Å². The largest absolute Gasteiger partial charge is 0.496 e. The smallest absolute Gasteiger partial charge is 0.170 e. The number of rotatable bonds is 8. The molecule has 20 heavy (non-hydrogen) atoms. The molecular formula is C14H23N3O3. The summed E-state index contributed by atoms with van der Waals surface area (Å²) in [6.45, 7) is 5.23. The van der Waals surface area contributed by atoms with Gasteiger partial charge in [-0.25, -0.2) is 0 Å². The first-order chi connectivity index (χ1) is 9.65. The number of nitrogens with two attached hydrogens (primary N) is 1. The van der Waals surface area contributed by atoms with E-state index < -0.39 is 0 Å². The lowest BCUT2D eigenvalue weighted by Crippen LogP contribution is -2.27. The highest BCUT2D eigenvalue weighted by atomic mass is 16.5. The number of hydrogen-bond acceptors (Lipinski definition) is 5. The maximum absolute atomic E-state index is 8.75. The summed E-state index contributed by atoms with van der Waals surface area (Å²) in [6, 6.07) is 5.47. The normalized spacial score (nSPS) is 11.9. The van der Waals surface area contributed by atoms with Gasteiger partial charge in [0.25, 0.3) is 0 Å². The van der Waals surface area contributed by atoms with Crippen molar-refractivity contribution in [2.75, 3.05) is 33.9 Å². The van der Waals surface area contributed by atoms with Crippen LogP contribution in [0.15, 0.2) is 23.4 Å². The molecule has 0 saturated heterocycles. The Kier molecular flexibility index (Phi) is 6.83. The second-order valence-corrected chi connectivity index (χ2v) is 4.37. The third-order valence-corrected chi connectivity index (χ3v) is 3.14. The van der Waals surface area contributed by atoms with Gasteiger partial charge >= 0.3 is 0 Å². The summed E-state index contributed by atoms with van der Waals surface area (Å²) in [4.78, 5) is 2.23. The zero-order valence-corrected chi connectivity index (χ0v) is 12.3. The maximum Gasteiger partial charge on any atom is 0.170 e. The maximum atomic E-state index is 8.75. The highest BCUT2D eigenvalue weighted by Crippen LogP contribution is 2.21. The molecule has 0 spiro atoms. The minimum absolute atomic E-state index is 0.0915. The van der Waals surface area contributed by atoms with E-state index in [0.29, 0.717) is 12.2 Å². The fourth-order valence-electron chi connectivity index (χ4n) is 1.93. The SMILES string of the molecule is CCN(CCOC)Cc1cc(/C(N)=N/O)ccc1OC. The Hall–Kier alpha value is -1.79. The molecule has 0 atom stereocenters. The van der Waals surface area contributed by atoms with Crippen molar-refractivity contribution in [2.24, 2.45) is 10.9 Å². The van der Waals surface area contributed by atoms with Crippen molar-refractivity contribution in [3.63, 3.8) is 0 Å². The number of ether oxygens (including phenoxy) is 2. The summed E-state index contributed by atoms with van der Waals surface area (Å²) < 4.78 is 10.5. The fourth-order valence-corrected chi connectivity index (χ4v) is 1.93. The number of amidine groups is 1. The van der Waals surface area contributed by atoms with Crippen LogP contribution in [-0.4, -0.2) is 49.9 Å². The van der Waals surface area contributed by atoms with E-state index in [-0.39, 0.29) is 5.84 Å². The Balaban J connectivity index is 2.95. The van der Waals surface area contributed by atoms with Crippen LogP contribution in [-0.2, 0) is 11.3 Å². The van der Waals surface area contributed by atoms with Crippen LogP contribution in [0.2, 0.25) is 0 Å². The molecule has 6 heteroatoms. The number of methoxy groups -OCH3 is 2. The first-order valence-electron chi connectivity index (χ1n) is 6.52. The van der Waals surface area contributed by atoms with Crippen LogP contribution >= 0.6 is 0 Å². The molecular weight excluding hydrogens is 258 g/mol. The van der Waals surface area contributed by atoms with Crippen molar-refractivity contribution in [3.8, 4) is 5.75 Å². The molecule has 1 rings (SSSR count). The summed E-state index contributed by atoms with van der Waals surface area (Å²) in [5.74, 6) is 0.879. The molecule has 3 N–H and O–H groups in total. The van der Waals surface area contributed by atoms with Crippen LogP contribution in [0.3, 0.4) is 0 Å². The second kappa shape index (κ2) is 8.39. The van der Waals surface area contributed by atoms with E-state index >= 15 is 0 Å². The van der Waals surface area contributed by atoms with E-state index in [1.807, 2.05) is 12.1 Å². The van der Waals surface area contributed by atoms with Crippen LogP contribution in [0.1, 0.15) is 18.1 Å². The van der Waals surface area contributed by atoms with E-state index in [4.69, 9.17) is 20.4 Å². The Bertz CT molecular complexity index is 449. The van der Waals surface area contributed by atoms with Gasteiger partial charge in [-0.05, 0) is 24.7 Å². The van der Waals surface area contributed by atoms with Gasteiger partial charge in [-0.15, -0.1) is 0 Å². The van der Waals surface area contributed by atoms with Crippen LogP contribution < -0.4 is 10.5 Å². The van der Waals surface area contributed by atoms with Crippen molar-refractivity contribution in [2.45, 2.75) is 13.5 Å². The van der Waals surface area contributed by atoms with Crippen LogP contribution in [0, 0.1) is 0 Å². The Morgan fingerprint density at radius 3 is 2.70 bits per heavy atom. The molecule has 0 heterocycles. The number of nitrogens with zero attached hydrogens (tertiary/aromatic N) is 2. The van der Waals surface area contributed by atoms with Gasteiger partial charge in [0.05, 0.1) is 13.7 Å². The Morgan fingerprint density at radius 2 is 2.15 bits per heavy atom. The first kappa shape index (κ1) is 16.3. The first-order valence-corrected chi connectivity index (χ1v) is 6.52. The summed E-state index contributed by atoms with van der Waals surface area (Å²) >= 11 is 0. The minimum Gasteiger partial charge on any atom is -0.496 e. The van der Waals surface area contributed by atoms with Crippen LogP contribution in [0.5, 0.6) is 5.75 Å². The van der Waals surface area contributed by atoms with E-state index in [1.165, 1.54) is 0 Å². The highest BCUT2D eigenvalue weighted by molar-refractivity contribution is 5.97. The molecule has 0 aliphatic carbocycles. The third-order valence-electron chi connectivity index (χ3n) is 3.14. The van der Waals surface area contributed by atoms with Gasteiger partial charge in [-0.3, -0.25) is 4.90 Å². The van der Waals surface area contributed by atoms with Crippen molar-refractivity contribution in [3.05, 3.63) is 29.3 Å². The molecule has 6 nitrogen and oxygen atoms in total. The van der Waals surface area contributed by atoms with Gasteiger partial charge in [-0.2, -0.15) is 0 Å². The van der Waals surface area contributed by atoms with Crippen molar-refractivity contribution in [1.82, 2.24) is 4.90 Å². The molecule has 0 radical (unpaired) electrons. The lowest BCUT2D eigenvalue weighted by molar-refractivity contribution is 0.147. The van der Waals surface area contributed by atoms with E-state index in [1.54, 1.807) is 20.3 Å². The summed E-state index contributed by atoms with van der Waals surface area (Å²) in [5, 5.41) is 11.8. The molecule has 0 aromatic heterocycles. The van der Waals surface area contributed by atoms with Crippen molar-refractivity contribution >= 4 is 5.84 Å². The van der Waals surface area contributed by atoms with Crippen LogP contribution in [0.4, 0.5) is 0 Å². The van der Waals surface area contributed by atoms with E-state index in [2.05, 4.69) is 17.0 Å². The zero-order chi connectivity index (χ0) is 15.0. The van der Waals surface area contributed by atoms with Crippen molar-refractivity contribution < 1.29 is 14.7 Å². The highest BCUT2D eigenvalue weighted by Gasteiger charge is 2.11. The number of likely N-dealkylation sites (N-methyl/N-ethyl adjacent to an activating group) is 1. The number of hydrogen-bond donors (Lipinski definition) is 2. The zero-order valence-electron chi connectivity index (χ0n) is 12.3. The molecule has 0 aliphatic heterocycles. The monoisotopic (exact) mass is 281 g/mol. The van der Waals surface area contributed by atoms with Gasteiger partial charge in [0.2, 0.25) is 0 Å². The fraction of sp³-hybridized carbons (Fsp3) is 0.500. The Morgan fingerprint density at radius 1 is 1.40 bits per heavy atom. The molecule has 112 valence electrons. The quantitative estimate of drug-likeness (QED) is 0.324. The van der Waals surface area contributed by atoms with Gasteiger partial charge in [0.1, 0.15) is 5.75 Å². The van der Waals surface area contributed by atoms with E-state index in [9.17, 15) is 0 Å². The number of benzene rings is 1. The van der Waals surface area contributed by atoms with Gasteiger partial charge < -0.3 is 20.4 Å². The summed E-state index contributed by atoms with van der Waals surface area (Å²) in [7, 11) is 3.32. The minimum atomic E-state index is 0.0915. The van der Waals surface area contributed by atoms with Gasteiger partial charge in [0.15, 0.2) is 5.84 Å². The van der Waals surface area contributed by atoms with E-state index in [0.717, 1.165) is 30.9 Å². The molecule has 0 aliphatic rings. The van der Waals surface area contributed by atoms with Gasteiger partial charge in [0, 0.05) is 31.3 Å². The average Bonchev–Trinajstić information content (AvgIpc) is 2.50. The predicted octanol–water partition coefficient (Wildman–Crippen LogP) is 1.26. The predicted molar refractivity (Wildman–Crippen MR) is 78.3 cm³/mol. The molecule has 0 amide bonds. The molecule has 1 aromatic carbocycles. The molecule has 0 fully saturated rings. The average molecular weight is 281 g/mol. The summed E-state index contributed by atoms with van der Waals surface area (Å²) in [5.41, 5.74) is 7.29. The van der Waals surface area contributed by atoms with Crippen molar-refractivity contribution in [1.29, 1.82) is 0 Å². The summed E-state index contributed by atoms with van der Waals surface area (Å²) in [6.07, 6.45) is 0. The number of oxime groups is 1. The lowest BCUT2D eigenvalue weighted by Gasteiger charge is -2.21. The lowest BCUT2D eigenvalue weighted by atomic mass is 10.1. The standard InChI is InChI=1S/C14H23N3O3/c1-4-17(7-8-19-2)10-12-9-11(14(15)16-18)5-6-13(12)20-3/h5-6,9,18H,4,7-8,10H2,1-3H3,(H2,15,16). The molecule has 0 saturated carbocycles. The topological polar surface area (TPSA) is 80.3 Å². The second-order valence-electron chi connectivity index (χ2n) is 4.37. The molecule has 0 bridgehead atoms. The van der Waals surface area contributed by atoms with Crippen LogP contribution in [0.25, 0.3) is 0 Å². The molecule has 0 unspecified atom stereocenters. The molecule has 1 aromatic rings. The third kappa shape index (κ3) is 4.40.